The molecule has 9 heteroatoms. The Morgan fingerprint density at radius 3 is 2.66 bits per heavy atom. The summed E-state index contributed by atoms with van der Waals surface area (Å²) in [4.78, 5) is 12.0. The van der Waals surface area contributed by atoms with Crippen LogP contribution in [0.3, 0.4) is 0 Å². The number of sulfone groups is 1. The molecular formula is C20H21FN2O5S. The van der Waals surface area contributed by atoms with Crippen molar-refractivity contribution in [1.82, 2.24) is 5.43 Å². The van der Waals surface area contributed by atoms with Gasteiger partial charge in [-0.05, 0) is 47.9 Å². The summed E-state index contributed by atoms with van der Waals surface area (Å²) in [5.41, 5.74) is 3.86. The molecular weight excluding hydrogens is 399 g/mol. The van der Waals surface area contributed by atoms with E-state index in [2.05, 4.69) is 10.5 Å². The summed E-state index contributed by atoms with van der Waals surface area (Å²) in [5, 5.41) is 3.89. The zero-order valence-electron chi connectivity index (χ0n) is 15.8. The monoisotopic (exact) mass is 420 g/mol. The van der Waals surface area contributed by atoms with E-state index in [0.29, 0.717) is 23.5 Å². The van der Waals surface area contributed by atoms with Crippen molar-refractivity contribution in [2.24, 2.45) is 11.0 Å². The molecule has 0 aromatic heterocycles. The highest BCUT2D eigenvalue weighted by atomic mass is 32.2. The minimum absolute atomic E-state index is 0.0331. The highest BCUT2D eigenvalue weighted by Crippen LogP contribution is 2.28. The van der Waals surface area contributed by atoms with Crippen molar-refractivity contribution in [3.05, 3.63) is 59.4 Å². The standard InChI is InChI=1S/C20H21FN2O5S/c1-27-19-10-15(11-22-23-20(24)16-8-9-29(25,26)13-16)4-7-18(19)28-12-14-2-5-17(21)6-3-14/h2-7,10-11,16H,8-9,12-13H2,1H3,(H,23,24)/b22-11-/t16-/m1/s1. The number of amides is 1. The molecule has 1 aliphatic rings. The zero-order valence-corrected chi connectivity index (χ0v) is 16.6. The summed E-state index contributed by atoms with van der Waals surface area (Å²) in [6, 6.07) is 11.1. The van der Waals surface area contributed by atoms with Crippen LogP contribution in [0.5, 0.6) is 11.5 Å². The smallest absolute Gasteiger partial charge is 0.244 e. The predicted octanol–water partition coefficient (Wildman–Crippen LogP) is 2.30. The first-order valence-corrected chi connectivity index (χ1v) is 10.8. The van der Waals surface area contributed by atoms with Crippen molar-refractivity contribution in [3.8, 4) is 11.5 Å². The first kappa shape index (κ1) is 20.8. The van der Waals surface area contributed by atoms with E-state index >= 15 is 0 Å². The van der Waals surface area contributed by atoms with Gasteiger partial charge in [0.05, 0.1) is 30.7 Å². The van der Waals surface area contributed by atoms with E-state index in [1.54, 1.807) is 30.3 Å². The van der Waals surface area contributed by atoms with Crippen LogP contribution in [0.2, 0.25) is 0 Å². The molecule has 1 saturated heterocycles. The van der Waals surface area contributed by atoms with E-state index in [1.165, 1.54) is 25.5 Å². The highest BCUT2D eigenvalue weighted by Gasteiger charge is 2.32. The molecule has 1 aliphatic heterocycles. The van der Waals surface area contributed by atoms with E-state index < -0.39 is 21.7 Å². The fourth-order valence-corrected chi connectivity index (χ4v) is 4.63. The van der Waals surface area contributed by atoms with Gasteiger partial charge in [-0.2, -0.15) is 5.10 Å². The Bertz CT molecular complexity index is 1010. The number of benzene rings is 2. The topological polar surface area (TPSA) is 94.1 Å². The Morgan fingerprint density at radius 1 is 1.24 bits per heavy atom. The van der Waals surface area contributed by atoms with Gasteiger partial charge >= 0.3 is 0 Å². The Kier molecular flexibility index (Phi) is 6.48. The first-order valence-electron chi connectivity index (χ1n) is 8.95. The van der Waals surface area contributed by atoms with Crippen LogP contribution in [-0.2, 0) is 21.2 Å². The van der Waals surface area contributed by atoms with Crippen LogP contribution in [0.15, 0.2) is 47.6 Å². The van der Waals surface area contributed by atoms with Gasteiger partial charge in [-0.1, -0.05) is 12.1 Å². The quantitative estimate of drug-likeness (QED) is 0.548. The summed E-state index contributed by atoms with van der Waals surface area (Å²) >= 11 is 0. The predicted molar refractivity (Wildman–Crippen MR) is 106 cm³/mol. The summed E-state index contributed by atoms with van der Waals surface area (Å²) in [6.07, 6.45) is 1.76. The summed E-state index contributed by atoms with van der Waals surface area (Å²) in [6.45, 7) is 0.254. The van der Waals surface area contributed by atoms with Crippen LogP contribution in [0.4, 0.5) is 4.39 Å². The van der Waals surface area contributed by atoms with Gasteiger partial charge in [0, 0.05) is 0 Å². The third-order valence-electron chi connectivity index (χ3n) is 4.49. The lowest BCUT2D eigenvalue weighted by atomic mass is 10.1. The Morgan fingerprint density at radius 2 is 2.00 bits per heavy atom. The lowest BCUT2D eigenvalue weighted by molar-refractivity contribution is -0.124. The fourth-order valence-electron chi connectivity index (χ4n) is 2.89. The molecule has 0 unspecified atom stereocenters. The summed E-state index contributed by atoms with van der Waals surface area (Å²) < 4.78 is 46.9. The number of halogens is 1. The van der Waals surface area contributed by atoms with Gasteiger partial charge in [-0.3, -0.25) is 4.79 Å². The summed E-state index contributed by atoms with van der Waals surface area (Å²) in [7, 11) is -1.62. The molecule has 0 bridgehead atoms. The molecule has 0 radical (unpaired) electrons. The van der Waals surface area contributed by atoms with E-state index in [-0.39, 0.29) is 23.9 Å². The largest absolute Gasteiger partial charge is 0.493 e. The third kappa shape index (κ3) is 5.77. The average Bonchev–Trinajstić information content (AvgIpc) is 3.07. The molecule has 1 heterocycles. The van der Waals surface area contributed by atoms with E-state index in [1.807, 2.05) is 0 Å². The second-order valence-corrected chi connectivity index (χ2v) is 8.89. The second-order valence-electron chi connectivity index (χ2n) is 6.66. The molecule has 2 aromatic carbocycles. The van der Waals surface area contributed by atoms with Crippen LogP contribution in [-0.4, -0.2) is 39.2 Å². The third-order valence-corrected chi connectivity index (χ3v) is 6.25. The second kappa shape index (κ2) is 9.04. The molecule has 1 N–H and O–H groups in total. The summed E-state index contributed by atoms with van der Waals surface area (Å²) in [5.74, 6) is -0.397. The van der Waals surface area contributed by atoms with Gasteiger partial charge in [0.1, 0.15) is 12.4 Å². The molecule has 7 nitrogen and oxygen atoms in total. The van der Waals surface area contributed by atoms with Crippen molar-refractivity contribution in [2.45, 2.75) is 13.0 Å². The molecule has 154 valence electrons. The van der Waals surface area contributed by atoms with Gasteiger partial charge in [-0.15, -0.1) is 0 Å². The van der Waals surface area contributed by atoms with Crippen molar-refractivity contribution >= 4 is 22.0 Å². The van der Waals surface area contributed by atoms with Crippen LogP contribution in [0.1, 0.15) is 17.5 Å². The number of carbonyl (C=O) groups excluding carboxylic acids is 1. The zero-order chi connectivity index (χ0) is 20.9. The maximum atomic E-state index is 13.0. The van der Waals surface area contributed by atoms with Gasteiger partial charge in [0.15, 0.2) is 21.3 Å². The lowest BCUT2D eigenvalue weighted by Gasteiger charge is -2.11. The minimum Gasteiger partial charge on any atom is -0.493 e. The van der Waals surface area contributed by atoms with Crippen molar-refractivity contribution < 1.29 is 27.1 Å². The highest BCUT2D eigenvalue weighted by molar-refractivity contribution is 7.91. The van der Waals surface area contributed by atoms with Gasteiger partial charge in [0.2, 0.25) is 5.91 Å². The van der Waals surface area contributed by atoms with Crippen molar-refractivity contribution in [2.75, 3.05) is 18.6 Å². The number of hydrazone groups is 1. The van der Waals surface area contributed by atoms with Crippen LogP contribution >= 0.6 is 0 Å². The molecule has 0 spiro atoms. The van der Waals surface area contributed by atoms with Gasteiger partial charge in [-0.25, -0.2) is 18.2 Å². The number of methoxy groups -OCH3 is 1. The minimum atomic E-state index is -3.12. The number of carbonyl (C=O) groups is 1. The van der Waals surface area contributed by atoms with Crippen LogP contribution < -0.4 is 14.9 Å². The number of rotatable bonds is 7. The van der Waals surface area contributed by atoms with E-state index in [0.717, 1.165) is 5.56 Å². The molecule has 0 saturated carbocycles. The van der Waals surface area contributed by atoms with E-state index in [9.17, 15) is 17.6 Å². The molecule has 29 heavy (non-hydrogen) atoms. The Hall–Kier alpha value is -2.94. The normalized spacial score (nSPS) is 17.9. The first-order chi connectivity index (χ1) is 13.9. The number of ether oxygens (including phenoxy) is 2. The van der Waals surface area contributed by atoms with Crippen molar-refractivity contribution in [1.29, 1.82) is 0 Å². The average molecular weight is 420 g/mol. The van der Waals surface area contributed by atoms with Gasteiger partial charge in [0.25, 0.3) is 0 Å². The van der Waals surface area contributed by atoms with E-state index in [4.69, 9.17) is 9.47 Å². The Balaban J connectivity index is 1.58. The maximum absolute atomic E-state index is 13.0. The Labute approximate surface area is 168 Å². The number of nitrogens with zero attached hydrogens (tertiary/aromatic N) is 1. The fraction of sp³-hybridized carbons (Fsp3) is 0.300. The molecule has 1 atom stereocenters. The van der Waals surface area contributed by atoms with Crippen LogP contribution in [0.25, 0.3) is 0 Å². The molecule has 0 aliphatic carbocycles. The molecule has 2 aromatic rings. The SMILES string of the molecule is COc1cc(/C=N\NC(=O)[C@@H]2CCS(=O)(=O)C2)ccc1OCc1ccc(F)cc1. The van der Waals surface area contributed by atoms with Crippen molar-refractivity contribution in [3.63, 3.8) is 0 Å². The van der Waals surface area contributed by atoms with Gasteiger partial charge < -0.3 is 9.47 Å². The molecule has 3 rings (SSSR count). The lowest BCUT2D eigenvalue weighted by Crippen LogP contribution is -2.27. The molecule has 1 amide bonds. The van der Waals surface area contributed by atoms with Crippen LogP contribution in [0, 0.1) is 11.7 Å². The number of hydrogen-bond acceptors (Lipinski definition) is 6. The number of hydrogen-bond donors (Lipinski definition) is 1. The maximum Gasteiger partial charge on any atom is 0.244 e. The number of nitrogens with one attached hydrogen (secondary N) is 1. The molecule has 1 fully saturated rings.